The van der Waals surface area contributed by atoms with E-state index in [4.69, 9.17) is 0 Å². The van der Waals surface area contributed by atoms with Gasteiger partial charge in [-0.3, -0.25) is 37.4 Å². The predicted octanol–water partition coefficient (Wildman–Crippen LogP) is 0.173. The molecule has 3 rings (SSSR count). The second kappa shape index (κ2) is 12.2. The molecule has 0 aliphatic heterocycles. The van der Waals surface area contributed by atoms with Crippen LogP contribution in [0.4, 0.5) is 0 Å². The molecule has 2 aromatic heterocycles. The number of benzene rings is 1. The molecular weight excluding hydrogens is 496 g/mol. The summed E-state index contributed by atoms with van der Waals surface area (Å²) >= 11 is 0. The zero-order valence-electron chi connectivity index (χ0n) is 21.8. The fraction of sp³-hybridized carbons (Fsp3) is 0.385. The zero-order chi connectivity index (χ0) is 28.0. The number of esters is 2. The van der Waals surface area contributed by atoms with Gasteiger partial charge in [-0.2, -0.15) is 0 Å². The van der Waals surface area contributed by atoms with Gasteiger partial charge in [0.2, 0.25) is 0 Å². The Morgan fingerprint density at radius 3 is 1.32 bits per heavy atom. The Labute approximate surface area is 217 Å². The maximum atomic E-state index is 12.9. The molecule has 0 spiro atoms. The van der Waals surface area contributed by atoms with E-state index in [9.17, 15) is 28.8 Å². The van der Waals surface area contributed by atoms with Crippen molar-refractivity contribution < 1.29 is 19.1 Å². The zero-order valence-corrected chi connectivity index (χ0v) is 21.8. The van der Waals surface area contributed by atoms with Crippen LogP contribution >= 0.6 is 0 Å². The van der Waals surface area contributed by atoms with Crippen LogP contribution in [0.15, 0.2) is 55.8 Å². The quantitative estimate of drug-likeness (QED) is 0.341. The average Bonchev–Trinajstić information content (AvgIpc) is 2.91. The first-order valence-corrected chi connectivity index (χ1v) is 11.9. The van der Waals surface area contributed by atoms with Crippen LogP contribution in [0.25, 0.3) is 0 Å². The largest absolute Gasteiger partial charge is 0.469 e. The Balaban J connectivity index is 1.84. The van der Waals surface area contributed by atoms with Gasteiger partial charge < -0.3 is 9.47 Å². The van der Waals surface area contributed by atoms with E-state index in [0.717, 1.165) is 9.13 Å². The number of aryl methyl sites for hydroxylation is 4. The van der Waals surface area contributed by atoms with Crippen LogP contribution in [0, 0.1) is 13.8 Å². The molecule has 3 aromatic rings. The molecule has 0 fully saturated rings. The van der Waals surface area contributed by atoms with Crippen LogP contribution in [-0.4, -0.2) is 44.4 Å². The van der Waals surface area contributed by atoms with Gasteiger partial charge in [-0.05, 0) is 25.0 Å². The van der Waals surface area contributed by atoms with Gasteiger partial charge in [0.1, 0.15) is 0 Å². The third-order valence-electron chi connectivity index (χ3n) is 6.09. The summed E-state index contributed by atoms with van der Waals surface area (Å²) < 4.78 is 14.0. The van der Waals surface area contributed by atoms with Crippen molar-refractivity contribution in [1.82, 2.24) is 18.3 Å². The lowest BCUT2D eigenvalue weighted by Crippen LogP contribution is -2.41. The van der Waals surface area contributed by atoms with Crippen LogP contribution in [0.1, 0.15) is 35.1 Å². The summed E-state index contributed by atoms with van der Waals surface area (Å²) in [4.78, 5) is 74.0. The summed E-state index contributed by atoms with van der Waals surface area (Å²) in [6.07, 6.45) is 2.83. The van der Waals surface area contributed by atoms with Gasteiger partial charge in [-0.15, -0.1) is 0 Å². The molecule has 0 aliphatic carbocycles. The Hall–Kier alpha value is -4.48. The molecule has 0 bridgehead atoms. The molecule has 0 aliphatic rings. The molecule has 202 valence electrons. The first kappa shape index (κ1) is 28.1. The maximum absolute atomic E-state index is 12.9. The Morgan fingerprint density at radius 1 is 0.658 bits per heavy atom. The Kier molecular flexibility index (Phi) is 9.00. The first-order chi connectivity index (χ1) is 18.0. The van der Waals surface area contributed by atoms with Gasteiger partial charge in [0.05, 0.1) is 40.2 Å². The lowest BCUT2D eigenvalue weighted by molar-refractivity contribution is -0.141. The number of hydrogen-bond acceptors (Lipinski definition) is 8. The molecule has 38 heavy (non-hydrogen) atoms. The molecule has 0 atom stereocenters. The molecule has 0 saturated carbocycles. The van der Waals surface area contributed by atoms with Crippen molar-refractivity contribution in [3.8, 4) is 0 Å². The summed E-state index contributed by atoms with van der Waals surface area (Å²) in [6, 6.07) is 6.83. The van der Waals surface area contributed by atoms with Gasteiger partial charge in [0.25, 0.3) is 11.1 Å². The third-order valence-corrected chi connectivity index (χ3v) is 6.09. The maximum Gasteiger partial charge on any atom is 0.331 e. The van der Waals surface area contributed by atoms with E-state index in [1.807, 2.05) is 0 Å². The molecule has 2 heterocycles. The number of carbonyl (C=O) groups is 2. The number of aromatic nitrogens is 4. The Bertz CT molecular complexity index is 1460. The van der Waals surface area contributed by atoms with E-state index in [-0.39, 0.29) is 39.0 Å². The topological polar surface area (TPSA) is 141 Å². The lowest BCUT2D eigenvalue weighted by Gasteiger charge is -2.13. The summed E-state index contributed by atoms with van der Waals surface area (Å²) in [5.74, 6) is -0.934. The molecule has 0 N–H and O–H groups in total. The number of methoxy groups -OCH3 is 2. The number of nitrogens with zero attached hydrogens (tertiary/aromatic N) is 4. The predicted molar refractivity (Wildman–Crippen MR) is 137 cm³/mol. The summed E-state index contributed by atoms with van der Waals surface area (Å²) in [5, 5.41) is 0. The van der Waals surface area contributed by atoms with Crippen molar-refractivity contribution >= 4 is 11.9 Å². The van der Waals surface area contributed by atoms with Crippen LogP contribution in [-0.2, 0) is 45.2 Å². The number of ether oxygens (including phenoxy) is 2. The second-order valence-corrected chi connectivity index (χ2v) is 8.83. The molecule has 0 unspecified atom stereocenters. The van der Waals surface area contributed by atoms with Gasteiger partial charge in [0, 0.05) is 36.6 Å². The minimum absolute atomic E-state index is 0.00256. The molecule has 12 heteroatoms. The van der Waals surface area contributed by atoms with Crippen molar-refractivity contribution in [2.45, 2.75) is 52.9 Å². The highest BCUT2D eigenvalue weighted by Gasteiger charge is 2.13. The average molecular weight is 527 g/mol. The van der Waals surface area contributed by atoms with E-state index < -0.39 is 34.4 Å². The van der Waals surface area contributed by atoms with E-state index in [1.165, 1.54) is 35.7 Å². The van der Waals surface area contributed by atoms with Crippen molar-refractivity contribution in [3.05, 3.63) is 101 Å². The smallest absolute Gasteiger partial charge is 0.331 e. The second-order valence-electron chi connectivity index (χ2n) is 8.83. The number of hydrogen-bond donors (Lipinski definition) is 0. The van der Waals surface area contributed by atoms with Crippen LogP contribution in [0.3, 0.4) is 0 Å². The first-order valence-electron chi connectivity index (χ1n) is 11.9. The molecule has 1 aromatic carbocycles. The lowest BCUT2D eigenvalue weighted by atomic mass is 10.1. The minimum Gasteiger partial charge on any atom is -0.469 e. The highest BCUT2D eigenvalue weighted by atomic mass is 16.5. The van der Waals surface area contributed by atoms with E-state index in [0.29, 0.717) is 22.3 Å². The SMILES string of the molecule is COC(=O)CCn1cc(C)c(=O)n(Cc2ccc(Cn3c(=O)c(C)cn(CCC(=O)OC)c3=O)cc2)c1=O. The Morgan fingerprint density at radius 2 is 1.00 bits per heavy atom. The van der Waals surface area contributed by atoms with Crippen molar-refractivity contribution in [1.29, 1.82) is 0 Å². The molecule has 0 saturated heterocycles. The van der Waals surface area contributed by atoms with E-state index in [1.54, 1.807) is 38.1 Å². The normalized spacial score (nSPS) is 10.8. The van der Waals surface area contributed by atoms with Crippen molar-refractivity contribution in [2.24, 2.45) is 0 Å². The molecule has 0 amide bonds. The molecular formula is C26H30N4O8. The summed E-state index contributed by atoms with van der Waals surface area (Å²) in [7, 11) is 2.52. The number of rotatable bonds is 10. The van der Waals surface area contributed by atoms with E-state index in [2.05, 4.69) is 9.47 Å². The van der Waals surface area contributed by atoms with Crippen LogP contribution in [0.2, 0.25) is 0 Å². The fourth-order valence-electron chi connectivity index (χ4n) is 3.94. The van der Waals surface area contributed by atoms with Crippen LogP contribution in [0.5, 0.6) is 0 Å². The minimum atomic E-state index is -0.549. The standard InChI is InChI=1S/C26H30N4O8/c1-17-13-27(11-9-21(31)37-3)25(35)29(23(17)33)15-19-5-7-20(8-6-19)16-30-24(34)18(2)14-28(26(30)36)12-10-22(32)38-4/h5-8,13-14H,9-12,15-16H2,1-4H3. The van der Waals surface area contributed by atoms with Gasteiger partial charge in [-0.1, -0.05) is 24.3 Å². The van der Waals surface area contributed by atoms with Gasteiger partial charge in [0.15, 0.2) is 0 Å². The van der Waals surface area contributed by atoms with Crippen molar-refractivity contribution in [3.63, 3.8) is 0 Å². The summed E-state index contributed by atoms with van der Waals surface area (Å²) in [6.45, 7) is 3.34. The number of carbonyl (C=O) groups excluding carboxylic acids is 2. The van der Waals surface area contributed by atoms with E-state index >= 15 is 0 Å². The van der Waals surface area contributed by atoms with Crippen LogP contribution < -0.4 is 22.5 Å². The molecule has 0 radical (unpaired) electrons. The fourth-order valence-corrected chi connectivity index (χ4v) is 3.94. The highest BCUT2D eigenvalue weighted by molar-refractivity contribution is 5.69. The van der Waals surface area contributed by atoms with Gasteiger partial charge >= 0.3 is 23.3 Å². The monoisotopic (exact) mass is 526 g/mol. The summed E-state index contributed by atoms with van der Waals surface area (Å²) in [5.41, 5.74) is 0.0521. The molecule has 12 nitrogen and oxygen atoms in total. The third kappa shape index (κ3) is 6.44. The van der Waals surface area contributed by atoms with Gasteiger partial charge in [-0.25, -0.2) is 9.59 Å². The van der Waals surface area contributed by atoms with Crippen molar-refractivity contribution in [2.75, 3.05) is 14.2 Å². The highest BCUT2D eigenvalue weighted by Crippen LogP contribution is 2.07.